The number of aromatic nitrogens is 3. The minimum atomic E-state index is 0.0379. The zero-order chi connectivity index (χ0) is 22.0. The average Bonchev–Trinajstić information content (AvgIpc) is 3.44. The number of benzene rings is 1. The maximum absolute atomic E-state index is 13.4. The number of carbonyl (C=O) groups is 1. The normalized spacial score (nSPS) is 15.7. The van der Waals surface area contributed by atoms with Crippen molar-refractivity contribution in [2.75, 3.05) is 13.1 Å². The van der Waals surface area contributed by atoms with E-state index >= 15 is 0 Å². The van der Waals surface area contributed by atoms with Crippen LogP contribution in [-0.4, -0.2) is 61.7 Å². The van der Waals surface area contributed by atoms with Crippen molar-refractivity contribution in [3.63, 3.8) is 0 Å². The lowest BCUT2D eigenvalue weighted by atomic mass is 10.00. The third-order valence-corrected chi connectivity index (χ3v) is 6.88. The number of thiazole rings is 1. The monoisotopic (exact) mass is 437 g/mol. The van der Waals surface area contributed by atoms with Crippen LogP contribution in [0.2, 0.25) is 0 Å². The topological polar surface area (TPSA) is 54.3 Å². The molecule has 0 spiro atoms. The molecule has 31 heavy (non-hydrogen) atoms. The minimum Gasteiger partial charge on any atom is -0.332 e. The van der Waals surface area contributed by atoms with Gasteiger partial charge in [-0.05, 0) is 52.7 Å². The van der Waals surface area contributed by atoms with E-state index in [0.717, 1.165) is 42.2 Å². The lowest BCUT2D eigenvalue weighted by molar-refractivity contribution is 0.0449. The highest BCUT2D eigenvalue weighted by Crippen LogP contribution is 2.27. The Bertz CT molecular complexity index is 1000. The van der Waals surface area contributed by atoms with Crippen LogP contribution in [0.5, 0.6) is 0 Å². The van der Waals surface area contributed by atoms with Gasteiger partial charge in [0.1, 0.15) is 10.7 Å². The molecule has 3 heterocycles. The summed E-state index contributed by atoms with van der Waals surface area (Å²) in [5.41, 5.74) is 2.46. The zero-order valence-electron chi connectivity index (χ0n) is 18.7. The Morgan fingerprint density at radius 3 is 2.48 bits per heavy atom. The van der Waals surface area contributed by atoms with Gasteiger partial charge in [-0.1, -0.05) is 18.2 Å². The van der Waals surface area contributed by atoms with E-state index in [9.17, 15) is 4.79 Å². The van der Waals surface area contributed by atoms with Crippen LogP contribution in [-0.2, 0) is 0 Å². The molecule has 0 N–H and O–H groups in total. The third-order valence-electron chi connectivity index (χ3n) is 5.99. The van der Waals surface area contributed by atoms with E-state index in [0.29, 0.717) is 11.7 Å². The first kappa shape index (κ1) is 21.7. The molecule has 1 fully saturated rings. The van der Waals surface area contributed by atoms with Crippen LogP contribution >= 0.6 is 11.3 Å². The number of likely N-dealkylation sites (tertiary alicyclic amines) is 1. The minimum absolute atomic E-state index is 0.0379. The molecule has 1 aromatic carbocycles. The van der Waals surface area contributed by atoms with Crippen LogP contribution in [0.4, 0.5) is 0 Å². The summed E-state index contributed by atoms with van der Waals surface area (Å²) in [7, 11) is 0. The SMILES string of the molecule is CC(C)N1CCC(N(C(=O)c2csc(-c3cnn(-c4ccccc4)c3)n2)C(C)C)CC1. The van der Waals surface area contributed by atoms with Gasteiger partial charge in [0.2, 0.25) is 0 Å². The van der Waals surface area contributed by atoms with Crippen LogP contribution in [0, 0.1) is 0 Å². The number of carbonyl (C=O) groups excluding carboxylic acids is 1. The molecule has 3 aromatic rings. The highest BCUT2D eigenvalue weighted by molar-refractivity contribution is 7.13. The summed E-state index contributed by atoms with van der Waals surface area (Å²) in [5.74, 6) is 0.0379. The molecule has 1 aliphatic rings. The zero-order valence-corrected chi connectivity index (χ0v) is 19.5. The van der Waals surface area contributed by atoms with Crippen LogP contribution in [0.25, 0.3) is 16.3 Å². The largest absolute Gasteiger partial charge is 0.332 e. The Morgan fingerprint density at radius 2 is 1.84 bits per heavy atom. The van der Waals surface area contributed by atoms with Gasteiger partial charge in [-0.2, -0.15) is 5.10 Å². The molecule has 164 valence electrons. The van der Waals surface area contributed by atoms with Gasteiger partial charge in [0.05, 0.1) is 11.9 Å². The Balaban J connectivity index is 1.50. The Hall–Kier alpha value is -2.51. The van der Waals surface area contributed by atoms with E-state index in [1.165, 1.54) is 11.3 Å². The summed E-state index contributed by atoms with van der Waals surface area (Å²) in [6.45, 7) is 10.8. The molecule has 0 unspecified atom stereocenters. The van der Waals surface area contributed by atoms with Crippen molar-refractivity contribution in [1.82, 2.24) is 24.6 Å². The standard InChI is InChI=1S/C24H31N5OS/c1-17(2)27-12-10-21(11-13-27)29(18(3)4)24(30)22-16-31-23(26-22)19-14-25-28(15-19)20-8-6-5-7-9-20/h5-9,14-18,21H,10-13H2,1-4H3. The summed E-state index contributed by atoms with van der Waals surface area (Å²) in [6, 6.07) is 11.0. The van der Waals surface area contributed by atoms with Gasteiger partial charge in [0.15, 0.2) is 0 Å². The van der Waals surface area contributed by atoms with Crippen LogP contribution in [0.15, 0.2) is 48.1 Å². The van der Waals surface area contributed by atoms with Gasteiger partial charge < -0.3 is 9.80 Å². The molecule has 1 amide bonds. The number of para-hydroxylation sites is 1. The maximum Gasteiger partial charge on any atom is 0.273 e. The molecule has 0 atom stereocenters. The summed E-state index contributed by atoms with van der Waals surface area (Å²) in [6.07, 6.45) is 5.80. The predicted octanol–water partition coefficient (Wildman–Crippen LogP) is 4.72. The van der Waals surface area contributed by atoms with Gasteiger partial charge in [-0.3, -0.25) is 4.79 Å². The summed E-state index contributed by atoms with van der Waals surface area (Å²) < 4.78 is 1.83. The van der Waals surface area contributed by atoms with Gasteiger partial charge in [-0.25, -0.2) is 9.67 Å². The number of rotatable bonds is 6. The maximum atomic E-state index is 13.4. The highest BCUT2D eigenvalue weighted by Gasteiger charge is 2.32. The Labute approximate surface area is 188 Å². The first-order valence-corrected chi connectivity index (χ1v) is 11.9. The van der Waals surface area contributed by atoms with Gasteiger partial charge >= 0.3 is 0 Å². The van der Waals surface area contributed by atoms with Crippen molar-refractivity contribution in [3.8, 4) is 16.3 Å². The number of piperidine rings is 1. The number of hydrogen-bond acceptors (Lipinski definition) is 5. The summed E-state index contributed by atoms with van der Waals surface area (Å²) in [5, 5.41) is 7.17. The van der Waals surface area contributed by atoms with E-state index in [-0.39, 0.29) is 18.0 Å². The first-order chi connectivity index (χ1) is 14.9. The van der Waals surface area contributed by atoms with E-state index in [4.69, 9.17) is 4.98 Å². The van der Waals surface area contributed by atoms with Gasteiger partial charge in [-0.15, -0.1) is 11.3 Å². The molecule has 1 saturated heterocycles. The number of nitrogens with zero attached hydrogens (tertiary/aromatic N) is 5. The smallest absolute Gasteiger partial charge is 0.273 e. The quantitative estimate of drug-likeness (QED) is 0.560. The van der Waals surface area contributed by atoms with Gasteiger partial charge in [0, 0.05) is 48.4 Å². The van der Waals surface area contributed by atoms with Crippen molar-refractivity contribution >= 4 is 17.2 Å². The van der Waals surface area contributed by atoms with Crippen molar-refractivity contribution in [2.45, 2.75) is 58.7 Å². The lowest BCUT2D eigenvalue weighted by Crippen LogP contribution is -2.51. The molecule has 6 nitrogen and oxygen atoms in total. The molecule has 0 aliphatic carbocycles. The molecule has 0 saturated carbocycles. The molecular formula is C24H31N5OS. The van der Waals surface area contributed by atoms with Gasteiger partial charge in [0.25, 0.3) is 5.91 Å². The second-order valence-corrected chi connectivity index (χ2v) is 9.57. The molecule has 1 aliphatic heterocycles. The summed E-state index contributed by atoms with van der Waals surface area (Å²) in [4.78, 5) is 22.6. The second-order valence-electron chi connectivity index (χ2n) is 8.71. The van der Waals surface area contributed by atoms with E-state index in [1.54, 1.807) is 0 Å². The number of amides is 1. The third kappa shape index (κ3) is 4.72. The molecule has 0 radical (unpaired) electrons. The lowest BCUT2D eigenvalue weighted by Gasteiger charge is -2.41. The van der Waals surface area contributed by atoms with E-state index in [1.807, 2.05) is 57.7 Å². The fourth-order valence-electron chi connectivity index (χ4n) is 4.29. The molecule has 4 rings (SSSR count). The van der Waals surface area contributed by atoms with Crippen LogP contribution in [0.1, 0.15) is 51.0 Å². The van der Waals surface area contributed by atoms with Crippen molar-refractivity contribution in [3.05, 3.63) is 53.8 Å². The van der Waals surface area contributed by atoms with Crippen LogP contribution < -0.4 is 0 Å². The Morgan fingerprint density at radius 1 is 1.13 bits per heavy atom. The highest BCUT2D eigenvalue weighted by atomic mass is 32.1. The Kier molecular flexibility index (Phi) is 6.53. The second kappa shape index (κ2) is 9.32. The molecule has 0 bridgehead atoms. The number of hydrogen-bond donors (Lipinski definition) is 0. The average molecular weight is 438 g/mol. The van der Waals surface area contributed by atoms with Crippen molar-refractivity contribution in [1.29, 1.82) is 0 Å². The fraction of sp³-hybridized carbons (Fsp3) is 0.458. The van der Waals surface area contributed by atoms with E-state index in [2.05, 4.69) is 37.7 Å². The van der Waals surface area contributed by atoms with Crippen molar-refractivity contribution in [2.24, 2.45) is 0 Å². The fourth-order valence-corrected chi connectivity index (χ4v) is 5.06. The van der Waals surface area contributed by atoms with Crippen LogP contribution in [0.3, 0.4) is 0 Å². The molecule has 2 aromatic heterocycles. The molecule has 7 heteroatoms. The van der Waals surface area contributed by atoms with Crippen molar-refractivity contribution < 1.29 is 4.79 Å². The molecular weight excluding hydrogens is 406 g/mol. The predicted molar refractivity (Wildman–Crippen MR) is 126 cm³/mol. The summed E-state index contributed by atoms with van der Waals surface area (Å²) >= 11 is 1.50. The first-order valence-electron chi connectivity index (χ1n) is 11.1. The van der Waals surface area contributed by atoms with E-state index < -0.39 is 0 Å².